The van der Waals surface area contributed by atoms with Gasteiger partial charge < -0.3 is 14.8 Å². The van der Waals surface area contributed by atoms with E-state index in [1.165, 1.54) is 0 Å². The second kappa shape index (κ2) is 9.82. The van der Waals surface area contributed by atoms with E-state index in [4.69, 9.17) is 9.47 Å². The van der Waals surface area contributed by atoms with Crippen molar-refractivity contribution in [2.45, 2.75) is 46.5 Å². The number of ether oxygens (including phenoxy) is 2. The fourth-order valence-corrected chi connectivity index (χ4v) is 5.37. The normalized spacial score (nSPS) is 20.3. The highest BCUT2D eigenvalue weighted by Gasteiger charge is 2.43. The maximum absolute atomic E-state index is 13.3. The van der Waals surface area contributed by atoms with Crippen LogP contribution in [-0.4, -0.2) is 37.0 Å². The number of ketones is 1. The van der Waals surface area contributed by atoms with Crippen LogP contribution in [0.4, 0.5) is 0 Å². The standard InChI is InChI=1S/C24H30BrNO4S/c1-6-31-10-9-30-23(28)20-14(2)26-17-12-24(3,4)13-18(27)22(17)21(20)15-7-8-19(29-5)16(25)11-15/h7-8,11,21,26H,6,9-10,12-13H2,1-5H3/t21-/m1/s1. The highest BCUT2D eigenvalue weighted by atomic mass is 79.9. The number of allylic oxidation sites excluding steroid dienone is 3. The molecule has 0 saturated heterocycles. The van der Waals surface area contributed by atoms with Gasteiger partial charge >= 0.3 is 5.97 Å². The predicted molar refractivity (Wildman–Crippen MR) is 128 cm³/mol. The molecule has 31 heavy (non-hydrogen) atoms. The molecule has 1 aromatic carbocycles. The smallest absolute Gasteiger partial charge is 0.336 e. The molecule has 0 spiro atoms. The number of Topliss-reactive ketones (excluding diaryl/α,β-unsaturated/α-hetero) is 1. The number of thioether (sulfide) groups is 1. The van der Waals surface area contributed by atoms with Gasteiger partial charge in [0.25, 0.3) is 0 Å². The van der Waals surface area contributed by atoms with Crippen molar-refractivity contribution in [1.29, 1.82) is 0 Å². The number of hydrogen-bond acceptors (Lipinski definition) is 6. The first-order valence-electron chi connectivity index (χ1n) is 10.5. The zero-order chi connectivity index (χ0) is 22.8. The first kappa shape index (κ1) is 23.9. The van der Waals surface area contributed by atoms with E-state index in [2.05, 4.69) is 42.0 Å². The van der Waals surface area contributed by atoms with E-state index in [-0.39, 0.29) is 17.2 Å². The molecule has 3 rings (SSSR count). The molecule has 0 saturated carbocycles. The number of halogens is 1. The van der Waals surface area contributed by atoms with Crippen LogP contribution in [-0.2, 0) is 14.3 Å². The van der Waals surface area contributed by atoms with Crippen LogP contribution in [0.2, 0.25) is 0 Å². The molecule has 2 aliphatic rings. The molecule has 7 heteroatoms. The second-order valence-electron chi connectivity index (χ2n) is 8.66. The number of esters is 1. The Labute approximate surface area is 197 Å². The van der Waals surface area contributed by atoms with E-state index in [0.29, 0.717) is 29.9 Å². The first-order chi connectivity index (χ1) is 14.7. The number of carbonyl (C=O) groups excluding carboxylic acids is 2. The average molecular weight is 508 g/mol. The summed E-state index contributed by atoms with van der Waals surface area (Å²) >= 11 is 5.28. The molecule has 1 heterocycles. The Kier molecular flexibility index (Phi) is 7.58. The van der Waals surface area contributed by atoms with Gasteiger partial charge in [0.15, 0.2) is 5.78 Å². The molecular weight excluding hydrogens is 478 g/mol. The lowest BCUT2D eigenvalue weighted by Crippen LogP contribution is -2.38. The minimum absolute atomic E-state index is 0.0787. The predicted octanol–water partition coefficient (Wildman–Crippen LogP) is 5.36. The van der Waals surface area contributed by atoms with Crippen LogP contribution in [0.3, 0.4) is 0 Å². The molecular formula is C24H30BrNO4S. The molecule has 0 aromatic heterocycles. The Bertz CT molecular complexity index is 951. The molecule has 0 unspecified atom stereocenters. The van der Waals surface area contributed by atoms with E-state index in [9.17, 15) is 9.59 Å². The Hall–Kier alpha value is -1.73. The summed E-state index contributed by atoms with van der Waals surface area (Å²) in [6.45, 7) is 8.51. The van der Waals surface area contributed by atoms with Crippen LogP contribution in [0.5, 0.6) is 5.75 Å². The fraction of sp³-hybridized carbons (Fsp3) is 0.500. The number of dihydropyridines is 1. The van der Waals surface area contributed by atoms with Gasteiger partial charge in [-0.3, -0.25) is 4.79 Å². The van der Waals surface area contributed by atoms with Crippen molar-refractivity contribution >= 4 is 39.4 Å². The Morgan fingerprint density at radius 1 is 1.32 bits per heavy atom. The maximum atomic E-state index is 13.3. The van der Waals surface area contributed by atoms with Crippen LogP contribution in [0.1, 0.15) is 52.0 Å². The topological polar surface area (TPSA) is 64.6 Å². The summed E-state index contributed by atoms with van der Waals surface area (Å²) in [6, 6.07) is 5.71. The number of methoxy groups -OCH3 is 1. The van der Waals surface area contributed by atoms with Crippen LogP contribution < -0.4 is 10.1 Å². The maximum Gasteiger partial charge on any atom is 0.336 e. The molecule has 168 valence electrons. The van der Waals surface area contributed by atoms with Crippen molar-refractivity contribution in [2.24, 2.45) is 5.41 Å². The minimum Gasteiger partial charge on any atom is -0.496 e. The SMILES string of the molecule is CCSCCOC(=O)C1=C(C)NC2=C(C(=O)CC(C)(C)C2)[C@@H]1c1ccc(OC)c(Br)c1. The van der Waals surface area contributed by atoms with Gasteiger partial charge in [-0.25, -0.2) is 4.79 Å². The summed E-state index contributed by atoms with van der Waals surface area (Å²) in [5, 5.41) is 3.37. The molecule has 0 bridgehead atoms. The third-order valence-corrected chi connectivity index (χ3v) is 7.12. The number of benzene rings is 1. The zero-order valence-electron chi connectivity index (χ0n) is 18.8. The van der Waals surface area contributed by atoms with Gasteiger partial charge in [0.1, 0.15) is 12.4 Å². The summed E-state index contributed by atoms with van der Waals surface area (Å²) in [7, 11) is 1.61. The summed E-state index contributed by atoms with van der Waals surface area (Å²) in [5.41, 5.74) is 3.58. The number of hydrogen-bond donors (Lipinski definition) is 1. The minimum atomic E-state index is -0.464. The van der Waals surface area contributed by atoms with Gasteiger partial charge in [0.05, 0.1) is 17.2 Å². The van der Waals surface area contributed by atoms with E-state index >= 15 is 0 Å². The van der Waals surface area contributed by atoms with Gasteiger partial charge in [-0.2, -0.15) is 11.8 Å². The Morgan fingerprint density at radius 2 is 2.06 bits per heavy atom. The molecule has 1 aliphatic carbocycles. The van der Waals surface area contributed by atoms with Crippen molar-refractivity contribution in [1.82, 2.24) is 5.32 Å². The van der Waals surface area contributed by atoms with E-state index in [1.807, 2.05) is 25.1 Å². The van der Waals surface area contributed by atoms with Crippen molar-refractivity contribution in [3.05, 3.63) is 50.8 Å². The second-order valence-corrected chi connectivity index (χ2v) is 10.9. The van der Waals surface area contributed by atoms with Gasteiger partial charge in [0.2, 0.25) is 0 Å². The van der Waals surface area contributed by atoms with E-state index in [1.54, 1.807) is 18.9 Å². The van der Waals surface area contributed by atoms with Gasteiger partial charge in [0, 0.05) is 35.1 Å². The zero-order valence-corrected chi connectivity index (χ0v) is 21.2. The summed E-state index contributed by atoms with van der Waals surface area (Å²) in [5.74, 6) is 1.67. The van der Waals surface area contributed by atoms with Gasteiger partial charge in [-0.15, -0.1) is 0 Å². The van der Waals surface area contributed by atoms with Crippen molar-refractivity contribution in [3.63, 3.8) is 0 Å². The van der Waals surface area contributed by atoms with E-state index < -0.39 is 5.92 Å². The fourth-order valence-electron chi connectivity index (χ4n) is 4.32. The van der Waals surface area contributed by atoms with Crippen LogP contribution in [0, 0.1) is 5.41 Å². The summed E-state index contributed by atoms with van der Waals surface area (Å²) in [6.07, 6.45) is 1.21. The molecule has 0 radical (unpaired) electrons. The number of rotatable bonds is 7. The molecule has 1 aromatic rings. The van der Waals surface area contributed by atoms with E-state index in [0.717, 1.165) is 39.4 Å². The molecule has 0 fully saturated rings. The molecule has 1 atom stereocenters. The van der Waals surface area contributed by atoms with Crippen LogP contribution in [0.15, 0.2) is 45.2 Å². The quantitative estimate of drug-likeness (QED) is 0.395. The van der Waals surface area contributed by atoms with Crippen LogP contribution >= 0.6 is 27.7 Å². The highest BCUT2D eigenvalue weighted by molar-refractivity contribution is 9.10. The van der Waals surface area contributed by atoms with Gasteiger partial charge in [-0.1, -0.05) is 26.8 Å². The lowest BCUT2D eigenvalue weighted by molar-refractivity contribution is -0.138. The molecule has 1 aliphatic heterocycles. The third kappa shape index (κ3) is 5.20. The summed E-state index contributed by atoms with van der Waals surface area (Å²) in [4.78, 5) is 26.5. The van der Waals surface area contributed by atoms with Crippen molar-refractivity contribution in [2.75, 3.05) is 25.2 Å². The molecule has 1 N–H and O–H groups in total. The summed E-state index contributed by atoms with van der Waals surface area (Å²) < 4.78 is 11.8. The monoisotopic (exact) mass is 507 g/mol. The number of carbonyl (C=O) groups is 2. The van der Waals surface area contributed by atoms with Crippen molar-refractivity contribution in [3.8, 4) is 5.75 Å². The Balaban J connectivity index is 2.06. The largest absolute Gasteiger partial charge is 0.496 e. The molecule has 5 nitrogen and oxygen atoms in total. The molecule has 0 amide bonds. The van der Waals surface area contributed by atoms with Gasteiger partial charge in [-0.05, 0) is 58.1 Å². The first-order valence-corrected chi connectivity index (χ1v) is 12.5. The average Bonchev–Trinajstić information content (AvgIpc) is 2.69. The lowest BCUT2D eigenvalue weighted by Gasteiger charge is -2.39. The highest BCUT2D eigenvalue weighted by Crippen LogP contribution is 2.47. The third-order valence-electron chi connectivity index (χ3n) is 5.63. The Morgan fingerprint density at radius 3 is 2.71 bits per heavy atom. The lowest BCUT2D eigenvalue weighted by atomic mass is 9.68. The number of nitrogens with one attached hydrogen (secondary N) is 1. The van der Waals surface area contributed by atoms with Crippen molar-refractivity contribution < 1.29 is 19.1 Å². The van der Waals surface area contributed by atoms with Crippen LogP contribution in [0.25, 0.3) is 0 Å².